The van der Waals surface area contributed by atoms with Crippen molar-refractivity contribution in [3.05, 3.63) is 87.8 Å². The third kappa shape index (κ3) is 5.49. The average molecular weight is 656 g/mol. The molecule has 10 nitrogen and oxygen atoms in total. The van der Waals surface area contributed by atoms with Crippen molar-refractivity contribution in [2.24, 2.45) is 0 Å². The zero-order valence-electron chi connectivity index (χ0n) is 24.3. The molecule has 1 amide bonds. The molecule has 0 N–H and O–H groups in total. The number of anilines is 1. The third-order valence-corrected chi connectivity index (χ3v) is 9.56. The van der Waals surface area contributed by atoms with Crippen molar-refractivity contribution >= 4 is 44.2 Å². The zero-order chi connectivity index (χ0) is 32.2. The Balaban J connectivity index is 1.68. The number of ether oxygens (including phenoxy) is 1. The highest BCUT2D eigenvalue weighted by Crippen LogP contribution is 2.38. The topological polar surface area (TPSA) is 115 Å². The zero-order valence-corrected chi connectivity index (χ0v) is 25.9. The van der Waals surface area contributed by atoms with Crippen LogP contribution in [-0.2, 0) is 19.4 Å². The Hall–Kier alpha value is -4.20. The SMILES string of the molecule is C=CC(=O)N1CCN(c2nc(=O)n(-c3c(C4COC4)cccc3S(C)(=O)=O)c3nc(-c4cc(F)ccc4Cl)c(F)cc23)[C@@H](C)C1. The number of aromatic nitrogens is 3. The lowest BCUT2D eigenvalue weighted by atomic mass is 9.95. The van der Waals surface area contributed by atoms with Gasteiger partial charge < -0.3 is 14.5 Å². The Morgan fingerprint density at radius 3 is 2.53 bits per heavy atom. The summed E-state index contributed by atoms with van der Waals surface area (Å²) in [5, 5.41) is 0.128. The van der Waals surface area contributed by atoms with Crippen LogP contribution in [0.3, 0.4) is 0 Å². The summed E-state index contributed by atoms with van der Waals surface area (Å²) in [5.41, 5.74) is -0.798. The second-order valence-electron chi connectivity index (χ2n) is 11.1. The van der Waals surface area contributed by atoms with E-state index in [1.54, 1.807) is 21.9 Å². The first-order chi connectivity index (χ1) is 21.4. The fourth-order valence-electron chi connectivity index (χ4n) is 5.82. The number of fused-ring (bicyclic) bond motifs is 1. The van der Waals surface area contributed by atoms with E-state index in [4.69, 9.17) is 16.3 Å². The van der Waals surface area contributed by atoms with Crippen LogP contribution < -0.4 is 10.6 Å². The van der Waals surface area contributed by atoms with Gasteiger partial charge in [0.2, 0.25) is 5.91 Å². The molecule has 2 aliphatic heterocycles. The van der Waals surface area contributed by atoms with Gasteiger partial charge in [-0.25, -0.2) is 31.5 Å². The maximum Gasteiger partial charge on any atom is 0.355 e. The number of pyridine rings is 1. The summed E-state index contributed by atoms with van der Waals surface area (Å²) in [7, 11) is -3.90. The molecule has 2 saturated heterocycles. The normalized spacial score (nSPS) is 17.4. The quantitative estimate of drug-likeness (QED) is 0.285. The Labute approximate surface area is 262 Å². The summed E-state index contributed by atoms with van der Waals surface area (Å²) in [6, 6.07) is 8.88. The van der Waals surface area contributed by atoms with Crippen LogP contribution in [0, 0.1) is 11.6 Å². The van der Waals surface area contributed by atoms with Gasteiger partial charge in [0.05, 0.1) is 34.2 Å². The van der Waals surface area contributed by atoms with Gasteiger partial charge in [-0.1, -0.05) is 30.3 Å². The number of carbonyl (C=O) groups is 1. The van der Waals surface area contributed by atoms with Gasteiger partial charge in [-0.15, -0.1) is 0 Å². The lowest BCUT2D eigenvalue weighted by molar-refractivity contribution is -0.126. The number of carbonyl (C=O) groups excluding carboxylic acids is 1. The molecule has 0 unspecified atom stereocenters. The molecule has 4 aromatic rings. The highest BCUT2D eigenvalue weighted by atomic mass is 35.5. The molecule has 4 heterocycles. The molecule has 2 aromatic carbocycles. The highest BCUT2D eigenvalue weighted by molar-refractivity contribution is 7.90. The summed E-state index contributed by atoms with van der Waals surface area (Å²) in [6.07, 6.45) is 2.25. The third-order valence-electron chi connectivity index (χ3n) is 8.10. The molecule has 45 heavy (non-hydrogen) atoms. The van der Waals surface area contributed by atoms with Crippen molar-refractivity contribution in [2.45, 2.75) is 23.8 Å². The average Bonchev–Trinajstić information content (AvgIpc) is 2.96. The number of para-hydroxylation sites is 1. The summed E-state index contributed by atoms with van der Waals surface area (Å²) < 4.78 is 63.0. The minimum atomic E-state index is -3.90. The van der Waals surface area contributed by atoms with Gasteiger partial charge in [0.25, 0.3) is 0 Å². The van der Waals surface area contributed by atoms with Gasteiger partial charge in [0.15, 0.2) is 15.5 Å². The fraction of sp³-hybridized carbons (Fsp3) is 0.290. The summed E-state index contributed by atoms with van der Waals surface area (Å²) in [6.45, 7) is 6.81. The summed E-state index contributed by atoms with van der Waals surface area (Å²) in [5.74, 6) is -1.90. The van der Waals surface area contributed by atoms with E-state index in [-0.39, 0.29) is 81.2 Å². The number of halogens is 3. The molecular weight excluding hydrogens is 628 g/mol. The first-order valence-electron chi connectivity index (χ1n) is 14.1. The molecular formula is C31H28ClF2N5O5S. The molecule has 0 bridgehead atoms. The van der Waals surface area contributed by atoms with Crippen LogP contribution in [0.15, 0.2) is 64.8 Å². The second kappa shape index (κ2) is 11.6. The molecule has 2 fully saturated rings. The van der Waals surface area contributed by atoms with Gasteiger partial charge in [-0.05, 0) is 48.9 Å². The van der Waals surface area contributed by atoms with Gasteiger partial charge >= 0.3 is 5.69 Å². The fourth-order valence-corrected chi connectivity index (χ4v) is 6.91. The predicted molar refractivity (Wildman–Crippen MR) is 166 cm³/mol. The van der Waals surface area contributed by atoms with Crippen LogP contribution in [0.1, 0.15) is 18.4 Å². The van der Waals surface area contributed by atoms with E-state index >= 15 is 4.39 Å². The first-order valence-corrected chi connectivity index (χ1v) is 16.3. The van der Waals surface area contributed by atoms with Gasteiger partial charge in [-0.3, -0.25) is 4.79 Å². The van der Waals surface area contributed by atoms with E-state index in [0.29, 0.717) is 18.8 Å². The van der Waals surface area contributed by atoms with Crippen LogP contribution >= 0.6 is 11.6 Å². The number of hydrogen-bond donors (Lipinski definition) is 0. The van der Waals surface area contributed by atoms with Gasteiger partial charge in [-0.2, -0.15) is 4.98 Å². The van der Waals surface area contributed by atoms with E-state index in [1.807, 2.05) is 6.92 Å². The number of sulfone groups is 1. The lowest BCUT2D eigenvalue weighted by Gasteiger charge is -2.40. The summed E-state index contributed by atoms with van der Waals surface area (Å²) in [4.78, 5) is 38.6. The number of hydrogen-bond acceptors (Lipinski definition) is 8. The van der Waals surface area contributed by atoms with Crippen LogP contribution in [0.4, 0.5) is 14.6 Å². The molecule has 0 radical (unpaired) electrons. The number of benzene rings is 2. The second-order valence-corrected chi connectivity index (χ2v) is 13.5. The van der Waals surface area contributed by atoms with Crippen molar-refractivity contribution in [1.29, 1.82) is 0 Å². The minimum absolute atomic E-state index is 0.0193. The summed E-state index contributed by atoms with van der Waals surface area (Å²) >= 11 is 6.35. The van der Waals surface area contributed by atoms with Crippen molar-refractivity contribution in [3.8, 4) is 16.9 Å². The molecule has 234 valence electrons. The van der Waals surface area contributed by atoms with Crippen LogP contribution in [0.5, 0.6) is 0 Å². The maximum atomic E-state index is 16.0. The molecule has 0 spiro atoms. The number of nitrogens with zero attached hydrogens (tertiary/aromatic N) is 5. The van der Waals surface area contributed by atoms with Crippen molar-refractivity contribution in [1.82, 2.24) is 19.4 Å². The molecule has 2 aliphatic rings. The van der Waals surface area contributed by atoms with Gasteiger partial charge in [0, 0.05) is 43.4 Å². The van der Waals surface area contributed by atoms with E-state index in [9.17, 15) is 22.4 Å². The Bertz CT molecular complexity index is 2050. The van der Waals surface area contributed by atoms with E-state index in [2.05, 4.69) is 16.5 Å². The van der Waals surface area contributed by atoms with E-state index < -0.39 is 27.2 Å². The smallest absolute Gasteiger partial charge is 0.355 e. The highest BCUT2D eigenvalue weighted by Gasteiger charge is 2.33. The largest absolute Gasteiger partial charge is 0.380 e. The van der Waals surface area contributed by atoms with Crippen LogP contribution in [0.2, 0.25) is 5.02 Å². The molecule has 1 atom stereocenters. The van der Waals surface area contributed by atoms with E-state index in [0.717, 1.165) is 29.0 Å². The van der Waals surface area contributed by atoms with E-state index in [1.165, 1.54) is 18.2 Å². The van der Waals surface area contributed by atoms with Gasteiger partial charge in [0.1, 0.15) is 23.1 Å². The molecule has 2 aromatic heterocycles. The van der Waals surface area contributed by atoms with Crippen molar-refractivity contribution in [2.75, 3.05) is 44.0 Å². The molecule has 14 heteroatoms. The monoisotopic (exact) mass is 655 g/mol. The Morgan fingerprint density at radius 1 is 1.13 bits per heavy atom. The van der Waals surface area contributed by atoms with Crippen molar-refractivity contribution < 1.29 is 26.7 Å². The predicted octanol–water partition coefficient (Wildman–Crippen LogP) is 4.12. The Morgan fingerprint density at radius 2 is 1.89 bits per heavy atom. The Kier molecular flexibility index (Phi) is 7.96. The standard InChI is InChI=1S/C31H28ClF2N5O5S/c1-4-26(40)37-10-11-38(17(2)14-37)29-22-13-24(34)27(21-12-19(33)8-9-23(21)32)35-30(22)39(31(41)36-29)28-20(18-15-44-16-18)6-5-7-25(28)45(3,42)43/h4-9,12-13,17-18H,1,10-11,14-16H2,2-3H3/t17-/m0/s1. The maximum absolute atomic E-state index is 16.0. The molecule has 0 saturated carbocycles. The van der Waals surface area contributed by atoms with Crippen molar-refractivity contribution in [3.63, 3.8) is 0 Å². The molecule has 6 rings (SSSR count). The number of rotatable bonds is 6. The van der Waals surface area contributed by atoms with Crippen LogP contribution in [0.25, 0.3) is 28.0 Å². The minimum Gasteiger partial charge on any atom is -0.380 e. The lowest BCUT2D eigenvalue weighted by Crippen LogP contribution is -2.54. The van der Waals surface area contributed by atoms with Crippen LogP contribution in [-0.4, -0.2) is 78.9 Å². The first kappa shape index (κ1) is 30.8. The number of amides is 1. The number of piperazine rings is 1. The molecule has 0 aliphatic carbocycles.